The van der Waals surface area contributed by atoms with Crippen LogP contribution in [0.5, 0.6) is 5.75 Å². The van der Waals surface area contributed by atoms with Crippen LogP contribution in [-0.4, -0.2) is 35.2 Å². The zero-order chi connectivity index (χ0) is 16.9. The van der Waals surface area contributed by atoms with Crippen molar-refractivity contribution in [2.45, 2.75) is 25.5 Å². The molecule has 1 saturated heterocycles. The number of rotatable bonds is 5. The van der Waals surface area contributed by atoms with Gasteiger partial charge in [0.25, 0.3) is 5.91 Å². The second kappa shape index (κ2) is 7.72. The summed E-state index contributed by atoms with van der Waals surface area (Å²) in [7, 11) is 0. The van der Waals surface area contributed by atoms with Gasteiger partial charge in [-0.15, -0.1) is 0 Å². The number of carbonyl (C=O) groups is 1. The number of pyridine rings is 2. The molecule has 7 heteroatoms. The molecule has 1 N–H and O–H groups in total. The normalized spacial score (nSPS) is 18.2. The number of amides is 1. The van der Waals surface area contributed by atoms with Gasteiger partial charge in [-0.05, 0) is 40.5 Å². The maximum atomic E-state index is 12.4. The van der Waals surface area contributed by atoms with E-state index in [1.165, 1.54) is 6.20 Å². The molecular weight excluding hydrogens is 374 g/mol. The molecule has 0 unspecified atom stereocenters. The van der Waals surface area contributed by atoms with E-state index < -0.39 is 0 Å². The van der Waals surface area contributed by atoms with Crippen molar-refractivity contribution >= 4 is 21.8 Å². The van der Waals surface area contributed by atoms with Gasteiger partial charge < -0.3 is 14.8 Å². The highest BCUT2D eigenvalue weighted by atomic mass is 79.9. The summed E-state index contributed by atoms with van der Waals surface area (Å²) in [4.78, 5) is 20.7. The number of halogens is 1. The summed E-state index contributed by atoms with van der Waals surface area (Å²) >= 11 is 3.30. The Kier molecular flexibility index (Phi) is 5.42. The summed E-state index contributed by atoms with van der Waals surface area (Å²) in [5.74, 6) is 0.377. The predicted octanol–water partition coefficient (Wildman–Crippen LogP) is 2.90. The van der Waals surface area contributed by atoms with Gasteiger partial charge in [0.2, 0.25) is 0 Å². The Bertz CT molecular complexity index is 702. The molecule has 0 aliphatic carbocycles. The topological polar surface area (TPSA) is 73.3 Å². The van der Waals surface area contributed by atoms with Gasteiger partial charge in [0.15, 0.2) is 0 Å². The van der Waals surface area contributed by atoms with Crippen LogP contribution in [0.15, 0.2) is 41.4 Å². The summed E-state index contributed by atoms with van der Waals surface area (Å²) in [5, 5.41) is 2.94. The largest absolute Gasteiger partial charge is 0.486 e. The van der Waals surface area contributed by atoms with Crippen molar-refractivity contribution in [3.8, 4) is 5.75 Å². The first-order valence-electron chi connectivity index (χ1n) is 7.73. The van der Waals surface area contributed by atoms with Gasteiger partial charge in [0.05, 0.1) is 31.0 Å². The molecule has 2 aromatic rings. The first-order valence-corrected chi connectivity index (χ1v) is 8.53. The van der Waals surface area contributed by atoms with Crippen molar-refractivity contribution in [3.05, 3.63) is 52.5 Å². The molecule has 3 rings (SSSR count). The Morgan fingerprint density at radius 2 is 2.29 bits per heavy atom. The SMILES string of the molecule is C[C@@H](NC(=O)c1cncc(O[C@@H]2CCOC2)c1)c1ccc(Br)nc1. The van der Waals surface area contributed by atoms with Crippen LogP contribution in [0.1, 0.15) is 35.3 Å². The third-order valence-electron chi connectivity index (χ3n) is 3.76. The zero-order valence-electron chi connectivity index (χ0n) is 13.2. The molecule has 0 saturated carbocycles. The summed E-state index contributed by atoms with van der Waals surface area (Å²) in [6, 6.07) is 5.30. The second-order valence-corrected chi connectivity index (χ2v) is 6.43. The van der Waals surface area contributed by atoms with Crippen molar-refractivity contribution in [2.75, 3.05) is 13.2 Å². The highest BCUT2D eigenvalue weighted by molar-refractivity contribution is 9.10. The molecule has 3 heterocycles. The fraction of sp³-hybridized carbons (Fsp3) is 0.353. The fourth-order valence-electron chi connectivity index (χ4n) is 2.41. The first-order chi connectivity index (χ1) is 11.6. The van der Waals surface area contributed by atoms with Gasteiger partial charge >= 0.3 is 0 Å². The maximum Gasteiger partial charge on any atom is 0.253 e. The van der Waals surface area contributed by atoms with Gasteiger partial charge in [-0.2, -0.15) is 0 Å². The van der Waals surface area contributed by atoms with Crippen molar-refractivity contribution in [1.82, 2.24) is 15.3 Å². The second-order valence-electron chi connectivity index (χ2n) is 5.62. The van der Waals surface area contributed by atoms with E-state index in [9.17, 15) is 4.79 Å². The van der Waals surface area contributed by atoms with Crippen LogP contribution in [0.25, 0.3) is 0 Å². The van der Waals surface area contributed by atoms with E-state index in [2.05, 4.69) is 31.2 Å². The van der Waals surface area contributed by atoms with E-state index in [1.54, 1.807) is 18.5 Å². The lowest BCUT2D eigenvalue weighted by Gasteiger charge is -2.15. The maximum absolute atomic E-state index is 12.4. The molecule has 1 amide bonds. The summed E-state index contributed by atoms with van der Waals surface area (Å²) < 4.78 is 11.8. The number of hydrogen-bond acceptors (Lipinski definition) is 5. The van der Waals surface area contributed by atoms with Gasteiger partial charge in [-0.1, -0.05) is 6.07 Å². The molecule has 24 heavy (non-hydrogen) atoms. The minimum absolute atomic E-state index is 0.0258. The molecule has 6 nitrogen and oxygen atoms in total. The number of nitrogens with one attached hydrogen (secondary N) is 1. The average molecular weight is 392 g/mol. The molecule has 2 aromatic heterocycles. The lowest BCUT2D eigenvalue weighted by atomic mass is 10.1. The van der Waals surface area contributed by atoms with Crippen LogP contribution in [0, 0.1) is 0 Å². The number of hydrogen-bond donors (Lipinski definition) is 1. The quantitative estimate of drug-likeness (QED) is 0.793. The molecule has 126 valence electrons. The van der Waals surface area contributed by atoms with Gasteiger partial charge in [-0.3, -0.25) is 9.78 Å². The predicted molar refractivity (Wildman–Crippen MR) is 91.9 cm³/mol. The van der Waals surface area contributed by atoms with Crippen molar-refractivity contribution in [1.29, 1.82) is 0 Å². The Hall–Kier alpha value is -1.99. The van der Waals surface area contributed by atoms with Crippen LogP contribution in [0.3, 0.4) is 0 Å². The minimum Gasteiger partial charge on any atom is -0.486 e. The number of aromatic nitrogens is 2. The van der Waals surface area contributed by atoms with E-state index in [0.29, 0.717) is 24.5 Å². The van der Waals surface area contributed by atoms with E-state index in [4.69, 9.17) is 9.47 Å². The molecule has 1 aliphatic rings. The van der Waals surface area contributed by atoms with Crippen molar-refractivity contribution < 1.29 is 14.3 Å². The third-order valence-corrected chi connectivity index (χ3v) is 4.23. The smallest absolute Gasteiger partial charge is 0.253 e. The number of ether oxygens (including phenoxy) is 2. The lowest BCUT2D eigenvalue weighted by molar-refractivity contribution is 0.0938. The Balaban J connectivity index is 1.64. The van der Waals surface area contributed by atoms with Crippen molar-refractivity contribution in [3.63, 3.8) is 0 Å². The highest BCUT2D eigenvalue weighted by Crippen LogP contribution is 2.18. The molecule has 1 aliphatic heterocycles. The summed E-state index contributed by atoms with van der Waals surface area (Å²) in [6.07, 6.45) is 5.74. The van der Waals surface area contributed by atoms with Gasteiger partial charge in [-0.25, -0.2) is 4.98 Å². The van der Waals surface area contributed by atoms with E-state index in [0.717, 1.165) is 16.6 Å². The number of nitrogens with zero attached hydrogens (tertiary/aromatic N) is 2. The monoisotopic (exact) mass is 391 g/mol. The van der Waals surface area contributed by atoms with Crippen LogP contribution in [0.4, 0.5) is 0 Å². The molecular formula is C17H18BrN3O3. The summed E-state index contributed by atoms with van der Waals surface area (Å²) in [5.41, 5.74) is 1.39. The third kappa shape index (κ3) is 4.30. The van der Waals surface area contributed by atoms with E-state index in [1.807, 2.05) is 19.1 Å². The van der Waals surface area contributed by atoms with Crippen LogP contribution >= 0.6 is 15.9 Å². The van der Waals surface area contributed by atoms with Crippen LogP contribution in [-0.2, 0) is 4.74 Å². The molecule has 0 spiro atoms. The van der Waals surface area contributed by atoms with Crippen LogP contribution < -0.4 is 10.1 Å². The molecule has 0 bridgehead atoms. The highest BCUT2D eigenvalue weighted by Gasteiger charge is 2.18. The van der Waals surface area contributed by atoms with Gasteiger partial charge in [0.1, 0.15) is 16.5 Å². The molecule has 0 aromatic carbocycles. The number of carbonyl (C=O) groups excluding carboxylic acids is 1. The van der Waals surface area contributed by atoms with Crippen LogP contribution in [0.2, 0.25) is 0 Å². The first kappa shape index (κ1) is 16.9. The van der Waals surface area contributed by atoms with E-state index in [-0.39, 0.29) is 18.1 Å². The lowest BCUT2D eigenvalue weighted by Crippen LogP contribution is -2.27. The molecule has 1 fully saturated rings. The molecule has 2 atom stereocenters. The Morgan fingerprint density at radius 3 is 3.00 bits per heavy atom. The Labute approximate surface area is 148 Å². The van der Waals surface area contributed by atoms with Gasteiger partial charge in [0, 0.05) is 18.8 Å². The molecule has 0 radical (unpaired) electrons. The zero-order valence-corrected chi connectivity index (χ0v) is 14.8. The minimum atomic E-state index is -0.203. The van der Waals surface area contributed by atoms with Crippen molar-refractivity contribution in [2.24, 2.45) is 0 Å². The standard InChI is InChI=1S/C17H18BrN3O3/c1-11(12-2-3-16(18)20-8-12)21-17(22)13-6-15(9-19-7-13)24-14-4-5-23-10-14/h2-3,6-9,11,14H,4-5,10H2,1H3,(H,21,22)/t11-,14-/m1/s1. The fourth-order valence-corrected chi connectivity index (χ4v) is 2.65. The average Bonchev–Trinajstić information content (AvgIpc) is 3.08. The van der Waals surface area contributed by atoms with E-state index >= 15 is 0 Å². The summed E-state index contributed by atoms with van der Waals surface area (Å²) in [6.45, 7) is 3.19. The Morgan fingerprint density at radius 1 is 1.42 bits per heavy atom.